The molecule has 4 nitrogen and oxygen atoms in total. The van der Waals surface area contributed by atoms with Crippen LogP contribution in [-0.4, -0.2) is 12.1 Å². The summed E-state index contributed by atoms with van der Waals surface area (Å²) in [6, 6.07) is 5.56. The molecule has 0 amide bonds. The maximum atomic E-state index is 5.65. The lowest BCUT2D eigenvalue weighted by molar-refractivity contribution is 0.306. The lowest BCUT2D eigenvalue weighted by Gasteiger charge is -2.08. The Morgan fingerprint density at radius 3 is 2.88 bits per heavy atom. The molecule has 0 radical (unpaired) electrons. The van der Waals surface area contributed by atoms with E-state index < -0.39 is 0 Å². The summed E-state index contributed by atoms with van der Waals surface area (Å²) in [6.45, 7) is 0.458. The first-order valence-electron chi connectivity index (χ1n) is 4.85. The Morgan fingerprint density at radius 2 is 2.29 bits per heavy atom. The van der Waals surface area contributed by atoms with Gasteiger partial charge in [-0.05, 0) is 34.1 Å². The van der Waals surface area contributed by atoms with E-state index in [2.05, 4.69) is 20.9 Å². The Bertz CT molecular complexity index is 516. The summed E-state index contributed by atoms with van der Waals surface area (Å²) in [7, 11) is 1.63. The van der Waals surface area contributed by atoms with Crippen molar-refractivity contribution >= 4 is 32.4 Å². The van der Waals surface area contributed by atoms with Gasteiger partial charge in [0.25, 0.3) is 0 Å². The molecule has 2 aromatic rings. The zero-order valence-electron chi connectivity index (χ0n) is 9.14. The number of hydrogen-bond acceptors (Lipinski definition) is 5. The number of methoxy groups -OCH3 is 1. The van der Waals surface area contributed by atoms with E-state index >= 15 is 0 Å². The van der Waals surface area contributed by atoms with Crippen LogP contribution in [0.15, 0.2) is 28.9 Å². The Morgan fingerprint density at radius 1 is 1.47 bits per heavy atom. The van der Waals surface area contributed by atoms with Crippen LogP contribution in [-0.2, 0) is 6.61 Å². The van der Waals surface area contributed by atoms with Gasteiger partial charge in [-0.3, -0.25) is 0 Å². The van der Waals surface area contributed by atoms with Crippen molar-refractivity contribution in [1.82, 2.24) is 4.98 Å². The maximum absolute atomic E-state index is 5.65. The molecule has 0 unspecified atom stereocenters. The molecule has 0 saturated carbocycles. The van der Waals surface area contributed by atoms with Crippen molar-refractivity contribution in [3.63, 3.8) is 0 Å². The zero-order valence-corrected chi connectivity index (χ0v) is 11.5. The summed E-state index contributed by atoms with van der Waals surface area (Å²) in [4.78, 5) is 4.95. The van der Waals surface area contributed by atoms with Gasteiger partial charge in [-0.1, -0.05) is 11.3 Å². The number of ether oxygens (including phenoxy) is 2. The third-order valence-corrected chi connectivity index (χ3v) is 3.50. The fourth-order valence-electron chi connectivity index (χ4n) is 1.26. The molecule has 0 aliphatic heterocycles. The van der Waals surface area contributed by atoms with Gasteiger partial charge in [-0.15, -0.1) is 0 Å². The largest absolute Gasteiger partial charge is 0.497 e. The molecule has 0 bridgehead atoms. The van der Waals surface area contributed by atoms with Crippen molar-refractivity contribution in [3.05, 3.63) is 33.7 Å². The first-order chi connectivity index (χ1) is 8.19. The number of nitrogen functional groups attached to an aromatic ring is 1. The normalized spacial score (nSPS) is 10.2. The Hall–Kier alpha value is -1.27. The predicted octanol–water partition coefficient (Wildman–Crippen LogP) is 3.08. The van der Waals surface area contributed by atoms with Crippen molar-refractivity contribution in [3.8, 4) is 11.5 Å². The molecule has 0 saturated heterocycles. The molecule has 0 aliphatic rings. The standard InChI is InChI=1S/C11H11BrN2O2S/c1-15-7-2-3-10(9(12)4-7)16-6-8-5-14-11(13)17-8/h2-5H,6H2,1H3,(H2,13,14). The van der Waals surface area contributed by atoms with Crippen LogP contribution in [0.4, 0.5) is 5.13 Å². The molecule has 1 heterocycles. The van der Waals surface area contributed by atoms with Gasteiger partial charge < -0.3 is 15.2 Å². The van der Waals surface area contributed by atoms with Crippen molar-refractivity contribution in [1.29, 1.82) is 0 Å². The number of thiazole rings is 1. The topological polar surface area (TPSA) is 57.4 Å². The molecule has 2 rings (SSSR count). The second-order valence-electron chi connectivity index (χ2n) is 3.25. The van der Waals surface area contributed by atoms with Gasteiger partial charge >= 0.3 is 0 Å². The fraction of sp³-hybridized carbons (Fsp3) is 0.182. The minimum absolute atomic E-state index is 0.458. The minimum Gasteiger partial charge on any atom is -0.497 e. The third kappa shape index (κ3) is 3.10. The predicted molar refractivity (Wildman–Crippen MR) is 71.6 cm³/mol. The van der Waals surface area contributed by atoms with Crippen LogP contribution in [0.25, 0.3) is 0 Å². The highest BCUT2D eigenvalue weighted by molar-refractivity contribution is 9.10. The number of benzene rings is 1. The monoisotopic (exact) mass is 314 g/mol. The van der Waals surface area contributed by atoms with E-state index in [1.165, 1.54) is 11.3 Å². The number of halogens is 1. The molecule has 90 valence electrons. The third-order valence-electron chi connectivity index (χ3n) is 2.08. The van der Waals surface area contributed by atoms with Crippen LogP contribution >= 0.6 is 27.3 Å². The first-order valence-corrected chi connectivity index (χ1v) is 6.46. The molecule has 0 fully saturated rings. The smallest absolute Gasteiger partial charge is 0.180 e. The second kappa shape index (κ2) is 5.37. The van der Waals surface area contributed by atoms with Crippen LogP contribution in [0.2, 0.25) is 0 Å². The summed E-state index contributed by atoms with van der Waals surface area (Å²) in [6.07, 6.45) is 1.72. The highest BCUT2D eigenvalue weighted by atomic mass is 79.9. The molecular formula is C11H11BrN2O2S. The van der Waals surface area contributed by atoms with E-state index in [9.17, 15) is 0 Å². The van der Waals surface area contributed by atoms with Gasteiger partial charge in [0, 0.05) is 6.20 Å². The average molecular weight is 315 g/mol. The van der Waals surface area contributed by atoms with E-state index in [0.717, 1.165) is 20.8 Å². The molecular weight excluding hydrogens is 304 g/mol. The minimum atomic E-state index is 0.458. The van der Waals surface area contributed by atoms with E-state index in [4.69, 9.17) is 15.2 Å². The number of nitrogens with two attached hydrogens (primary N) is 1. The lowest BCUT2D eigenvalue weighted by atomic mass is 10.3. The molecule has 1 aromatic carbocycles. The molecule has 2 N–H and O–H groups in total. The molecule has 0 spiro atoms. The first kappa shape index (κ1) is 12.2. The number of anilines is 1. The summed E-state index contributed by atoms with van der Waals surface area (Å²) < 4.78 is 11.6. The van der Waals surface area contributed by atoms with Gasteiger partial charge in [0.1, 0.15) is 18.1 Å². The van der Waals surface area contributed by atoms with Gasteiger partial charge in [0.2, 0.25) is 0 Å². The van der Waals surface area contributed by atoms with Crippen LogP contribution in [0.5, 0.6) is 11.5 Å². The maximum Gasteiger partial charge on any atom is 0.180 e. The van der Waals surface area contributed by atoms with Crippen LogP contribution in [0, 0.1) is 0 Å². The molecule has 6 heteroatoms. The second-order valence-corrected chi connectivity index (χ2v) is 5.25. The van der Waals surface area contributed by atoms with Crippen molar-refractivity contribution in [2.75, 3.05) is 12.8 Å². The van der Waals surface area contributed by atoms with Crippen molar-refractivity contribution in [2.45, 2.75) is 6.61 Å². The quantitative estimate of drug-likeness (QED) is 0.942. The molecule has 0 aliphatic carbocycles. The highest BCUT2D eigenvalue weighted by Gasteiger charge is 2.05. The summed E-state index contributed by atoms with van der Waals surface area (Å²) in [5.74, 6) is 1.55. The van der Waals surface area contributed by atoms with Gasteiger partial charge in [0.15, 0.2) is 5.13 Å². The highest BCUT2D eigenvalue weighted by Crippen LogP contribution is 2.30. The van der Waals surface area contributed by atoms with Crippen LogP contribution < -0.4 is 15.2 Å². The Kier molecular flexibility index (Phi) is 3.86. The molecule has 1 aromatic heterocycles. The number of rotatable bonds is 4. The summed E-state index contributed by atoms with van der Waals surface area (Å²) >= 11 is 4.85. The van der Waals surface area contributed by atoms with Crippen molar-refractivity contribution < 1.29 is 9.47 Å². The average Bonchev–Trinajstić information content (AvgIpc) is 2.73. The van der Waals surface area contributed by atoms with E-state index in [-0.39, 0.29) is 0 Å². The van der Waals surface area contributed by atoms with Gasteiger partial charge in [-0.2, -0.15) is 0 Å². The van der Waals surface area contributed by atoms with E-state index in [0.29, 0.717) is 11.7 Å². The Labute approximate surface area is 112 Å². The fourth-order valence-corrected chi connectivity index (χ4v) is 2.33. The van der Waals surface area contributed by atoms with Crippen molar-refractivity contribution in [2.24, 2.45) is 0 Å². The van der Waals surface area contributed by atoms with Crippen LogP contribution in [0.1, 0.15) is 4.88 Å². The summed E-state index contributed by atoms with van der Waals surface area (Å²) in [5.41, 5.74) is 5.54. The molecule has 17 heavy (non-hydrogen) atoms. The lowest BCUT2D eigenvalue weighted by Crippen LogP contribution is -1.94. The van der Waals surface area contributed by atoms with Gasteiger partial charge in [-0.25, -0.2) is 4.98 Å². The van der Waals surface area contributed by atoms with Gasteiger partial charge in [0.05, 0.1) is 16.5 Å². The van der Waals surface area contributed by atoms with Crippen LogP contribution in [0.3, 0.4) is 0 Å². The van der Waals surface area contributed by atoms with E-state index in [1.807, 2.05) is 18.2 Å². The number of nitrogens with zero attached hydrogens (tertiary/aromatic N) is 1. The molecule has 0 atom stereocenters. The Balaban J connectivity index is 2.04. The zero-order chi connectivity index (χ0) is 12.3. The number of aromatic nitrogens is 1. The summed E-state index contributed by atoms with van der Waals surface area (Å²) in [5, 5.41) is 0.553. The SMILES string of the molecule is COc1ccc(OCc2cnc(N)s2)c(Br)c1. The van der Waals surface area contributed by atoms with E-state index in [1.54, 1.807) is 13.3 Å². The number of hydrogen-bond donors (Lipinski definition) is 1.